The minimum atomic E-state index is -0.158. The number of hydrogen-bond donors (Lipinski definition) is 1. The highest BCUT2D eigenvalue weighted by Crippen LogP contribution is 2.32. The van der Waals surface area contributed by atoms with Crippen LogP contribution in [0.25, 0.3) is 33.3 Å². The number of likely N-dealkylation sites (N-methyl/N-ethyl adjacent to an activating group) is 1. The molecule has 0 saturated carbocycles. The van der Waals surface area contributed by atoms with Gasteiger partial charge in [-0.2, -0.15) is 0 Å². The summed E-state index contributed by atoms with van der Waals surface area (Å²) in [4.78, 5) is 30.2. The van der Waals surface area contributed by atoms with Crippen LogP contribution in [0.3, 0.4) is 0 Å². The highest BCUT2D eigenvalue weighted by atomic mass is 16.5. The van der Waals surface area contributed by atoms with Crippen LogP contribution >= 0.6 is 0 Å². The summed E-state index contributed by atoms with van der Waals surface area (Å²) in [6, 6.07) is 7.79. The fraction of sp³-hybridized carbons (Fsp3) is 0.167. The van der Waals surface area contributed by atoms with Gasteiger partial charge in [0.05, 0.1) is 25.6 Å². The third-order valence-corrected chi connectivity index (χ3v) is 5.08. The first-order chi connectivity index (χ1) is 15.6. The van der Waals surface area contributed by atoms with Crippen molar-refractivity contribution in [1.29, 1.82) is 0 Å². The molecule has 8 heteroatoms. The average Bonchev–Trinajstić information content (AvgIpc) is 3.27. The number of pyridine rings is 3. The zero-order valence-electron chi connectivity index (χ0n) is 18.1. The van der Waals surface area contributed by atoms with E-state index in [9.17, 15) is 4.79 Å². The second-order valence-corrected chi connectivity index (χ2v) is 7.10. The summed E-state index contributed by atoms with van der Waals surface area (Å²) in [6.07, 6.45) is 12.0. The van der Waals surface area contributed by atoms with Crippen LogP contribution in [-0.4, -0.2) is 53.7 Å². The van der Waals surface area contributed by atoms with E-state index in [1.54, 1.807) is 57.0 Å². The topological polar surface area (TPSA) is 93.2 Å². The number of anilines is 1. The van der Waals surface area contributed by atoms with Gasteiger partial charge in [0.25, 0.3) is 5.91 Å². The lowest BCUT2D eigenvalue weighted by atomic mass is 10.0. The summed E-state index contributed by atoms with van der Waals surface area (Å²) in [5, 5.41) is 0.966. The van der Waals surface area contributed by atoms with Gasteiger partial charge in [-0.25, -0.2) is 9.97 Å². The van der Waals surface area contributed by atoms with E-state index < -0.39 is 0 Å². The molecular weight excluding hydrogens is 406 g/mol. The Balaban J connectivity index is 1.68. The molecule has 0 aliphatic carbocycles. The van der Waals surface area contributed by atoms with Crippen molar-refractivity contribution < 1.29 is 14.3 Å². The Morgan fingerprint density at radius 1 is 1.09 bits per heavy atom. The lowest BCUT2D eigenvalue weighted by Crippen LogP contribution is -2.24. The van der Waals surface area contributed by atoms with Gasteiger partial charge in [0.1, 0.15) is 5.65 Å². The SMILES string of the molecule is COC/C=C/C(=O)N(C)c1cncc(-c2cnc3[nH]cc(-c4ccnc(OC)c4)c3c2)c1. The van der Waals surface area contributed by atoms with Crippen LogP contribution in [0.15, 0.2) is 67.4 Å². The van der Waals surface area contributed by atoms with E-state index in [2.05, 4.69) is 26.0 Å². The van der Waals surface area contributed by atoms with Crippen molar-refractivity contribution in [3.8, 4) is 28.1 Å². The normalized spacial score (nSPS) is 11.2. The molecule has 0 spiro atoms. The van der Waals surface area contributed by atoms with Crippen LogP contribution in [0.1, 0.15) is 0 Å². The van der Waals surface area contributed by atoms with Crippen molar-refractivity contribution in [2.45, 2.75) is 0 Å². The van der Waals surface area contributed by atoms with Crippen LogP contribution < -0.4 is 9.64 Å². The molecule has 8 nitrogen and oxygen atoms in total. The minimum Gasteiger partial charge on any atom is -0.481 e. The molecule has 4 aromatic heterocycles. The third-order valence-electron chi connectivity index (χ3n) is 5.08. The van der Waals surface area contributed by atoms with Gasteiger partial charge in [-0.3, -0.25) is 9.78 Å². The maximum Gasteiger partial charge on any atom is 0.250 e. The zero-order valence-corrected chi connectivity index (χ0v) is 18.1. The predicted octanol–water partition coefficient (Wildman–Crippen LogP) is 3.86. The number of aromatic amines is 1. The van der Waals surface area contributed by atoms with Crippen molar-refractivity contribution >= 4 is 22.6 Å². The van der Waals surface area contributed by atoms with E-state index in [1.165, 1.54) is 6.08 Å². The Morgan fingerprint density at radius 2 is 1.94 bits per heavy atom. The number of rotatable bonds is 7. The summed E-state index contributed by atoms with van der Waals surface area (Å²) in [6.45, 7) is 0.381. The maximum absolute atomic E-state index is 12.4. The highest BCUT2D eigenvalue weighted by Gasteiger charge is 2.13. The predicted molar refractivity (Wildman–Crippen MR) is 124 cm³/mol. The number of nitrogens with one attached hydrogen (secondary N) is 1. The van der Waals surface area contributed by atoms with Gasteiger partial charge < -0.3 is 19.4 Å². The number of ether oxygens (including phenoxy) is 2. The quantitative estimate of drug-likeness (QED) is 0.449. The highest BCUT2D eigenvalue weighted by molar-refractivity contribution is 6.01. The smallest absolute Gasteiger partial charge is 0.250 e. The number of aromatic nitrogens is 4. The van der Waals surface area contributed by atoms with E-state index >= 15 is 0 Å². The molecule has 0 radical (unpaired) electrons. The number of amides is 1. The van der Waals surface area contributed by atoms with Crippen LogP contribution in [0.5, 0.6) is 5.88 Å². The van der Waals surface area contributed by atoms with Crippen LogP contribution in [0.4, 0.5) is 5.69 Å². The summed E-state index contributed by atoms with van der Waals surface area (Å²) in [5.74, 6) is 0.388. The molecule has 1 amide bonds. The number of fused-ring (bicyclic) bond motifs is 1. The average molecular weight is 429 g/mol. The number of nitrogens with zero attached hydrogens (tertiary/aromatic N) is 4. The van der Waals surface area contributed by atoms with E-state index in [4.69, 9.17) is 9.47 Å². The molecule has 32 heavy (non-hydrogen) atoms. The molecule has 0 aliphatic heterocycles. The summed E-state index contributed by atoms with van der Waals surface area (Å²) in [7, 11) is 4.89. The van der Waals surface area contributed by atoms with Crippen molar-refractivity contribution in [1.82, 2.24) is 19.9 Å². The fourth-order valence-electron chi connectivity index (χ4n) is 3.34. The van der Waals surface area contributed by atoms with Crippen LogP contribution in [0.2, 0.25) is 0 Å². The minimum absolute atomic E-state index is 0.158. The van der Waals surface area contributed by atoms with Crippen molar-refractivity contribution in [2.24, 2.45) is 0 Å². The van der Waals surface area contributed by atoms with Gasteiger partial charge in [0, 0.05) is 73.2 Å². The second kappa shape index (κ2) is 9.40. The Morgan fingerprint density at radius 3 is 2.75 bits per heavy atom. The number of hydrogen-bond acceptors (Lipinski definition) is 6. The van der Waals surface area contributed by atoms with Crippen LogP contribution in [-0.2, 0) is 9.53 Å². The zero-order chi connectivity index (χ0) is 22.5. The Kier molecular flexibility index (Phi) is 6.23. The van der Waals surface area contributed by atoms with Gasteiger partial charge in [-0.1, -0.05) is 6.08 Å². The Labute approximate surface area is 185 Å². The lowest BCUT2D eigenvalue weighted by molar-refractivity contribution is -0.113. The lowest BCUT2D eigenvalue weighted by Gasteiger charge is -2.16. The van der Waals surface area contributed by atoms with Gasteiger partial charge in [0.2, 0.25) is 5.88 Å². The third kappa shape index (κ3) is 4.35. The first-order valence-electron chi connectivity index (χ1n) is 9.97. The first kappa shape index (κ1) is 21.2. The second-order valence-electron chi connectivity index (χ2n) is 7.10. The molecule has 0 aliphatic rings. The van der Waals surface area contributed by atoms with Crippen molar-refractivity contribution in [3.63, 3.8) is 0 Å². The largest absolute Gasteiger partial charge is 0.481 e. The number of carbonyl (C=O) groups is 1. The molecule has 0 saturated heterocycles. The number of methoxy groups -OCH3 is 2. The molecule has 0 fully saturated rings. The van der Waals surface area contributed by atoms with Crippen molar-refractivity contribution in [3.05, 3.63) is 67.4 Å². The van der Waals surface area contributed by atoms with E-state index in [1.807, 2.05) is 24.4 Å². The molecule has 4 rings (SSSR count). The molecule has 4 heterocycles. The first-order valence-corrected chi connectivity index (χ1v) is 9.97. The van der Waals surface area contributed by atoms with E-state index in [0.29, 0.717) is 18.2 Å². The molecule has 0 atom stereocenters. The molecule has 162 valence electrons. The van der Waals surface area contributed by atoms with E-state index in [0.717, 1.165) is 33.3 Å². The summed E-state index contributed by atoms with van der Waals surface area (Å²) < 4.78 is 10.2. The summed E-state index contributed by atoms with van der Waals surface area (Å²) in [5.41, 5.74) is 5.18. The number of carbonyl (C=O) groups excluding carboxylic acids is 1. The maximum atomic E-state index is 12.4. The van der Waals surface area contributed by atoms with Crippen molar-refractivity contribution in [2.75, 3.05) is 32.8 Å². The molecule has 1 N–H and O–H groups in total. The van der Waals surface area contributed by atoms with Gasteiger partial charge in [-0.15, -0.1) is 0 Å². The Bertz CT molecular complexity index is 1280. The number of H-pyrrole nitrogens is 1. The molecule has 4 aromatic rings. The monoisotopic (exact) mass is 429 g/mol. The molecule has 0 aromatic carbocycles. The standard InChI is InChI=1S/C24H23N5O3/c1-29(23(30)5-4-8-31-2)19-9-17(12-25-14-19)18-10-20-21(15-28-24(20)27-13-18)16-6-7-26-22(11-16)32-3/h4-7,9-15H,8H2,1-3H3,(H,27,28)/b5-4+. The molecular formula is C24H23N5O3. The van der Waals surface area contributed by atoms with Crippen LogP contribution in [0, 0.1) is 0 Å². The fourth-order valence-corrected chi connectivity index (χ4v) is 3.34. The molecule has 0 bridgehead atoms. The van der Waals surface area contributed by atoms with Gasteiger partial charge in [-0.05, 0) is 23.8 Å². The van der Waals surface area contributed by atoms with Gasteiger partial charge in [0.15, 0.2) is 0 Å². The molecule has 0 unspecified atom stereocenters. The van der Waals surface area contributed by atoms with Gasteiger partial charge >= 0.3 is 0 Å². The summed E-state index contributed by atoms with van der Waals surface area (Å²) >= 11 is 0. The van der Waals surface area contributed by atoms with E-state index in [-0.39, 0.29) is 5.91 Å². The Hall–Kier alpha value is -4.04.